The molecule has 5 nitrogen and oxygen atoms in total. The van der Waals surface area contributed by atoms with Crippen molar-refractivity contribution in [3.8, 4) is 0 Å². The Kier molecular flexibility index (Phi) is 4.72. The van der Waals surface area contributed by atoms with Crippen molar-refractivity contribution in [2.24, 2.45) is 0 Å². The van der Waals surface area contributed by atoms with Crippen LogP contribution in [0.15, 0.2) is 24.3 Å². The molecule has 0 amide bonds. The third-order valence-corrected chi connectivity index (χ3v) is 3.32. The van der Waals surface area contributed by atoms with Crippen LogP contribution in [0.1, 0.15) is 19.4 Å². The molecule has 0 heterocycles. The van der Waals surface area contributed by atoms with E-state index in [0.29, 0.717) is 13.1 Å². The van der Waals surface area contributed by atoms with Gasteiger partial charge in [-0.05, 0) is 25.5 Å². The van der Waals surface area contributed by atoms with Crippen LogP contribution in [0.25, 0.3) is 0 Å². The van der Waals surface area contributed by atoms with Gasteiger partial charge in [-0.1, -0.05) is 18.2 Å². The fourth-order valence-electron chi connectivity index (χ4n) is 1.74. The average Bonchev–Trinajstić information content (AvgIpc) is 2.17. The number of rotatable bonds is 6. The Bertz CT molecular complexity index is 498. The van der Waals surface area contributed by atoms with Gasteiger partial charge < -0.3 is 11.1 Å². The molecule has 18 heavy (non-hydrogen) atoms. The molecule has 1 aromatic carbocycles. The zero-order chi connectivity index (χ0) is 13.8. The van der Waals surface area contributed by atoms with Crippen molar-refractivity contribution < 1.29 is 8.42 Å². The average molecular weight is 271 g/mol. The SMILES string of the molecule is CC(C)(CNCc1ccccc1N)NS(C)(=O)=O. The normalized spacial score (nSPS) is 12.6. The first-order chi connectivity index (χ1) is 8.20. The molecule has 0 aliphatic heterocycles. The zero-order valence-electron chi connectivity index (χ0n) is 11.0. The Morgan fingerprint density at radius 3 is 2.44 bits per heavy atom. The van der Waals surface area contributed by atoms with Crippen molar-refractivity contribution in [2.45, 2.75) is 25.9 Å². The van der Waals surface area contributed by atoms with Crippen LogP contribution in [0, 0.1) is 0 Å². The highest BCUT2D eigenvalue weighted by molar-refractivity contribution is 7.88. The van der Waals surface area contributed by atoms with E-state index in [2.05, 4.69) is 10.0 Å². The Hall–Kier alpha value is -1.11. The fraction of sp³-hybridized carbons (Fsp3) is 0.500. The monoisotopic (exact) mass is 271 g/mol. The fourth-order valence-corrected chi connectivity index (χ4v) is 2.82. The lowest BCUT2D eigenvalue weighted by Crippen LogP contribution is -2.49. The number of nitrogens with one attached hydrogen (secondary N) is 2. The number of sulfonamides is 1. The molecule has 0 bridgehead atoms. The van der Waals surface area contributed by atoms with Crippen LogP contribution in [0.4, 0.5) is 5.69 Å². The molecule has 0 atom stereocenters. The van der Waals surface area contributed by atoms with Crippen LogP contribution >= 0.6 is 0 Å². The highest BCUT2D eigenvalue weighted by Gasteiger charge is 2.21. The van der Waals surface area contributed by atoms with E-state index in [9.17, 15) is 8.42 Å². The van der Waals surface area contributed by atoms with E-state index in [1.807, 2.05) is 38.1 Å². The Morgan fingerprint density at radius 1 is 1.28 bits per heavy atom. The summed E-state index contributed by atoms with van der Waals surface area (Å²) in [6, 6.07) is 7.59. The molecule has 102 valence electrons. The highest BCUT2D eigenvalue weighted by Crippen LogP contribution is 2.10. The Labute approximate surface area is 109 Å². The molecular weight excluding hydrogens is 250 g/mol. The van der Waals surface area contributed by atoms with Gasteiger partial charge in [-0.3, -0.25) is 0 Å². The summed E-state index contributed by atoms with van der Waals surface area (Å²) in [7, 11) is -3.20. The van der Waals surface area contributed by atoms with Crippen LogP contribution in [-0.4, -0.2) is 26.8 Å². The summed E-state index contributed by atoms with van der Waals surface area (Å²) in [5, 5.41) is 3.20. The van der Waals surface area contributed by atoms with E-state index >= 15 is 0 Å². The molecule has 0 aliphatic carbocycles. The molecule has 0 fully saturated rings. The molecule has 0 radical (unpaired) electrons. The molecule has 6 heteroatoms. The lowest BCUT2D eigenvalue weighted by molar-refractivity contribution is 0.421. The molecule has 0 aromatic heterocycles. The number of anilines is 1. The van der Waals surface area contributed by atoms with Gasteiger partial charge in [0, 0.05) is 24.3 Å². The van der Waals surface area contributed by atoms with Crippen LogP contribution in [-0.2, 0) is 16.6 Å². The predicted octanol–water partition coefficient (Wildman–Crippen LogP) is 0.686. The van der Waals surface area contributed by atoms with Crippen LogP contribution in [0.2, 0.25) is 0 Å². The number of hydrogen-bond acceptors (Lipinski definition) is 4. The second-order valence-electron chi connectivity index (χ2n) is 5.06. The van der Waals surface area contributed by atoms with Crippen molar-refractivity contribution in [1.82, 2.24) is 10.0 Å². The van der Waals surface area contributed by atoms with Gasteiger partial charge in [-0.25, -0.2) is 13.1 Å². The Morgan fingerprint density at radius 2 is 1.89 bits per heavy atom. The van der Waals surface area contributed by atoms with Gasteiger partial charge in [-0.2, -0.15) is 0 Å². The minimum atomic E-state index is -3.20. The van der Waals surface area contributed by atoms with E-state index in [-0.39, 0.29) is 0 Å². The maximum absolute atomic E-state index is 11.2. The highest BCUT2D eigenvalue weighted by atomic mass is 32.2. The van der Waals surface area contributed by atoms with Crippen molar-refractivity contribution in [3.63, 3.8) is 0 Å². The summed E-state index contributed by atoms with van der Waals surface area (Å²) in [5.74, 6) is 0. The summed E-state index contributed by atoms with van der Waals surface area (Å²) in [5.41, 5.74) is 7.03. The number of hydrogen-bond donors (Lipinski definition) is 3. The largest absolute Gasteiger partial charge is 0.398 e. The van der Waals surface area contributed by atoms with Gasteiger partial charge >= 0.3 is 0 Å². The topological polar surface area (TPSA) is 84.2 Å². The maximum atomic E-state index is 11.2. The summed E-state index contributed by atoms with van der Waals surface area (Å²) < 4.78 is 24.9. The number of nitrogen functional groups attached to an aromatic ring is 1. The van der Waals surface area contributed by atoms with Gasteiger partial charge in [0.1, 0.15) is 0 Å². The van der Waals surface area contributed by atoms with Gasteiger partial charge in [0.15, 0.2) is 0 Å². The lowest BCUT2D eigenvalue weighted by Gasteiger charge is -2.25. The smallest absolute Gasteiger partial charge is 0.209 e. The number of nitrogens with two attached hydrogens (primary N) is 1. The molecule has 0 saturated carbocycles. The van der Waals surface area contributed by atoms with Crippen molar-refractivity contribution >= 4 is 15.7 Å². The third-order valence-electron chi connectivity index (χ3n) is 2.40. The molecule has 0 spiro atoms. The maximum Gasteiger partial charge on any atom is 0.209 e. The lowest BCUT2D eigenvalue weighted by atomic mass is 10.1. The minimum absolute atomic E-state index is 0.522. The Balaban J connectivity index is 2.49. The van der Waals surface area contributed by atoms with Crippen molar-refractivity contribution in [3.05, 3.63) is 29.8 Å². The first-order valence-corrected chi connectivity index (χ1v) is 7.62. The molecule has 0 saturated heterocycles. The zero-order valence-corrected chi connectivity index (χ0v) is 11.8. The molecule has 0 unspecified atom stereocenters. The van der Waals surface area contributed by atoms with Gasteiger partial charge in [-0.15, -0.1) is 0 Å². The van der Waals surface area contributed by atoms with E-state index in [0.717, 1.165) is 17.5 Å². The van der Waals surface area contributed by atoms with Crippen LogP contribution in [0.5, 0.6) is 0 Å². The first-order valence-electron chi connectivity index (χ1n) is 5.73. The van der Waals surface area contributed by atoms with Gasteiger partial charge in [0.2, 0.25) is 10.0 Å². The minimum Gasteiger partial charge on any atom is -0.398 e. The molecule has 1 rings (SSSR count). The summed E-state index contributed by atoms with van der Waals surface area (Å²) in [6.45, 7) is 4.79. The molecular formula is C12H21N3O2S. The van der Waals surface area contributed by atoms with E-state index in [1.54, 1.807) is 0 Å². The number of para-hydroxylation sites is 1. The van der Waals surface area contributed by atoms with Crippen LogP contribution < -0.4 is 15.8 Å². The molecule has 4 N–H and O–H groups in total. The van der Waals surface area contributed by atoms with Crippen molar-refractivity contribution in [1.29, 1.82) is 0 Å². The van der Waals surface area contributed by atoms with E-state index < -0.39 is 15.6 Å². The quantitative estimate of drug-likeness (QED) is 0.665. The summed E-state index contributed by atoms with van der Waals surface area (Å²) >= 11 is 0. The van der Waals surface area contributed by atoms with E-state index in [4.69, 9.17) is 5.73 Å². The van der Waals surface area contributed by atoms with Crippen molar-refractivity contribution in [2.75, 3.05) is 18.5 Å². The summed E-state index contributed by atoms with van der Waals surface area (Å²) in [4.78, 5) is 0. The number of benzene rings is 1. The second kappa shape index (κ2) is 5.69. The van der Waals surface area contributed by atoms with E-state index in [1.165, 1.54) is 0 Å². The summed E-state index contributed by atoms with van der Waals surface area (Å²) in [6.07, 6.45) is 1.16. The third kappa shape index (κ3) is 5.48. The first kappa shape index (κ1) is 14.9. The van der Waals surface area contributed by atoms with Gasteiger partial charge in [0.25, 0.3) is 0 Å². The van der Waals surface area contributed by atoms with Gasteiger partial charge in [0.05, 0.1) is 6.26 Å². The molecule has 1 aromatic rings. The standard InChI is InChI=1S/C12H21N3O2S/c1-12(2,15-18(3,16)17)9-14-8-10-6-4-5-7-11(10)13/h4-7,14-15H,8-9,13H2,1-3H3. The molecule has 0 aliphatic rings. The van der Waals surface area contributed by atoms with Crippen LogP contribution in [0.3, 0.4) is 0 Å². The predicted molar refractivity (Wildman–Crippen MR) is 74.6 cm³/mol. The second-order valence-corrected chi connectivity index (χ2v) is 6.81.